The number of halogens is 5. The summed E-state index contributed by atoms with van der Waals surface area (Å²) in [5.74, 6) is -1.16. The van der Waals surface area contributed by atoms with Crippen LogP contribution in [-0.2, 0) is 6.18 Å². The molecule has 0 saturated heterocycles. The molecule has 6 nitrogen and oxygen atoms in total. The van der Waals surface area contributed by atoms with Gasteiger partial charge >= 0.3 is 6.18 Å². The number of rotatable bonds is 3. The van der Waals surface area contributed by atoms with Crippen LogP contribution in [0.1, 0.15) is 23.0 Å². The Hall–Kier alpha value is -3.60. The van der Waals surface area contributed by atoms with Gasteiger partial charge in [0.05, 0.1) is 11.8 Å². The maximum Gasteiger partial charge on any atom is 0.416 e. The standard InChI is InChI=1S/C19H13F5N6/c20-13-4-1-11(15(21)7-13)8-28-30-10-27-18-16(17(30)25)26-9-29(18)14-5-2-12(3-6-14)19(22,23)24/h1-10,17H,25H2/b28-8-. The predicted molar refractivity (Wildman–Crippen MR) is 99.4 cm³/mol. The maximum atomic E-state index is 13.7. The van der Waals surface area contributed by atoms with Crippen molar-refractivity contribution in [1.82, 2.24) is 14.6 Å². The molecule has 0 spiro atoms. The Morgan fingerprint density at radius 2 is 1.80 bits per heavy atom. The van der Waals surface area contributed by atoms with Gasteiger partial charge in [-0.05, 0) is 36.4 Å². The number of imidazole rings is 1. The van der Waals surface area contributed by atoms with Crippen molar-refractivity contribution in [3.63, 3.8) is 0 Å². The zero-order chi connectivity index (χ0) is 21.5. The molecular weight excluding hydrogens is 407 g/mol. The van der Waals surface area contributed by atoms with E-state index in [-0.39, 0.29) is 5.56 Å². The monoisotopic (exact) mass is 420 g/mol. The van der Waals surface area contributed by atoms with E-state index in [1.807, 2.05) is 0 Å². The molecule has 0 amide bonds. The van der Waals surface area contributed by atoms with E-state index in [1.54, 1.807) is 0 Å². The quantitative estimate of drug-likeness (QED) is 0.512. The Morgan fingerprint density at radius 1 is 1.07 bits per heavy atom. The molecule has 1 aliphatic rings. The van der Waals surface area contributed by atoms with E-state index in [1.165, 1.54) is 46.7 Å². The molecule has 1 aliphatic heterocycles. The Bertz CT molecular complexity index is 1130. The lowest BCUT2D eigenvalue weighted by atomic mass is 10.2. The topological polar surface area (TPSA) is 71.8 Å². The molecule has 1 aromatic heterocycles. The predicted octanol–water partition coefficient (Wildman–Crippen LogP) is 4.14. The van der Waals surface area contributed by atoms with Gasteiger partial charge in [-0.3, -0.25) is 4.57 Å². The molecule has 3 aromatic rings. The summed E-state index contributed by atoms with van der Waals surface area (Å²) in [5.41, 5.74) is 6.17. The van der Waals surface area contributed by atoms with Crippen LogP contribution in [0.15, 0.2) is 58.9 Å². The second-order valence-electron chi connectivity index (χ2n) is 6.35. The van der Waals surface area contributed by atoms with Crippen molar-refractivity contribution < 1.29 is 22.0 Å². The molecule has 0 radical (unpaired) electrons. The minimum Gasteiger partial charge on any atom is -0.304 e. The third-order valence-electron chi connectivity index (χ3n) is 4.40. The smallest absolute Gasteiger partial charge is 0.304 e. The third-order valence-corrected chi connectivity index (χ3v) is 4.40. The van der Waals surface area contributed by atoms with Crippen molar-refractivity contribution in [2.24, 2.45) is 15.8 Å². The first kappa shape index (κ1) is 19.7. The van der Waals surface area contributed by atoms with Crippen LogP contribution in [0.3, 0.4) is 0 Å². The molecule has 154 valence electrons. The first-order valence-corrected chi connectivity index (χ1v) is 8.56. The molecular formula is C19H13F5N6. The number of hydrogen-bond donors (Lipinski definition) is 1. The van der Waals surface area contributed by atoms with Crippen molar-refractivity contribution in [3.05, 3.63) is 77.2 Å². The zero-order valence-electron chi connectivity index (χ0n) is 15.1. The Morgan fingerprint density at radius 3 is 2.47 bits per heavy atom. The molecule has 1 atom stereocenters. The average molecular weight is 420 g/mol. The second-order valence-corrected chi connectivity index (χ2v) is 6.35. The molecule has 2 N–H and O–H groups in total. The van der Waals surface area contributed by atoms with Gasteiger partial charge in [0.2, 0.25) is 0 Å². The number of nitrogens with two attached hydrogens (primary N) is 1. The highest BCUT2D eigenvalue weighted by Gasteiger charge is 2.30. The zero-order valence-corrected chi connectivity index (χ0v) is 15.1. The fourth-order valence-electron chi connectivity index (χ4n) is 2.84. The first-order chi connectivity index (χ1) is 14.2. The van der Waals surface area contributed by atoms with Crippen LogP contribution in [0.25, 0.3) is 5.69 Å². The van der Waals surface area contributed by atoms with E-state index < -0.39 is 29.5 Å². The number of hydrazone groups is 1. The fraction of sp³-hybridized carbons (Fsp3) is 0.105. The number of nitrogens with zero attached hydrogens (tertiary/aromatic N) is 5. The Balaban J connectivity index is 1.59. The second kappa shape index (κ2) is 7.34. The van der Waals surface area contributed by atoms with Crippen molar-refractivity contribution in [2.75, 3.05) is 0 Å². The summed E-state index contributed by atoms with van der Waals surface area (Å²) in [6.07, 6.45) is -1.47. The minimum absolute atomic E-state index is 0.0538. The van der Waals surface area contributed by atoms with Gasteiger partial charge in [-0.15, -0.1) is 0 Å². The molecule has 0 fully saturated rings. The number of aromatic nitrogens is 2. The van der Waals surface area contributed by atoms with E-state index in [0.717, 1.165) is 24.3 Å². The Kier molecular flexibility index (Phi) is 4.82. The van der Waals surface area contributed by atoms with E-state index in [4.69, 9.17) is 5.73 Å². The summed E-state index contributed by atoms with van der Waals surface area (Å²) >= 11 is 0. The summed E-state index contributed by atoms with van der Waals surface area (Å²) in [7, 11) is 0. The Labute approximate surface area is 166 Å². The molecule has 0 bridgehead atoms. The van der Waals surface area contributed by atoms with E-state index in [9.17, 15) is 22.0 Å². The van der Waals surface area contributed by atoms with Gasteiger partial charge in [-0.2, -0.15) is 18.3 Å². The van der Waals surface area contributed by atoms with E-state index in [2.05, 4.69) is 15.1 Å². The van der Waals surface area contributed by atoms with Gasteiger partial charge in [0, 0.05) is 17.3 Å². The van der Waals surface area contributed by atoms with Crippen LogP contribution in [-0.4, -0.2) is 27.1 Å². The third kappa shape index (κ3) is 3.66. The highest BCUT2D eigenvalue weighted by Crippen LogP contribution is 2.33. The van der Waals surface area contributed by atoms with Crippen molar-refractivity contribution in [2.45, 2.75) is 12.3 Å². The molecule has 2 heterocycles. The van der Waals surface area contributed by atoms with Crippen LogP contribution in [0.5, 0.6) is 0 Å². The van der Waals surface area contributed by atoms with Gasteiger partial charge in [0.1, 0.15) is 36.2 Å². The van der Waals surface area contributed by atoms with Gasteiger partial charge in [0.15, 0.2) is 5.82 Å². The van der Waals surface area contributed by atoms with E-state index in [0.29, 0.717) is 17.2 Å². The molecule has 0 saturated carbocycles. The number of fused-ring (bicyclic) bond motifs is 1. The molecule has 2 aromatic carbocycles. The van der Waals surface area contributed by atoms with Crippen molar-refractivity contribution in [1.29, 1.82) is 0 Å². The van der Waals surface area contributed by atoms with Crippen molar-refractivity contribution >= 4 is 18.4 Å². The lowest BCUT2D eigenvalue weighted by Crippen LogP contribution is -2.32. The average Bonchev–Trinajstić information content (AvgIpc) is 3.13. The summed E-state index contributed by atoms with van der Waals surface area (Å²) in [6.45, 7) is 0. The first-order valence-electron chi connectivity index (χ1n) is 8.56. The SMILES string of the molecule is NC1c2ncn(-c3ccc(C(F)(F)F)cc3)c2N=CN1/N=C\c1ccc(F)cc1F. The largest absolute Gasteiger partial charge is 0.416 e. The summed E-state index contributed by atoms with van der Waals surface area (Å²) < 4.78 is 66.5. The van der Waals surface area contributed by atoms with Crippen molar-refractivity contribution in [3.8, 4) is 5.69 Å². The molecule has 4 rings (SSSR count). The van der Waals surface area contributed by atoms with Crippen LogP contribution in [0, 0.1) is 11.6 Å². The summed E-state index contributed by atoms with van der Waals surface area (Å²) in [6, 6.07) is 7.57. The van der Waals surface area contributed by atoms with Crippen LogP contribution >= 0.6 is 0 Å². The maximum absolute atomic E-state index is 13.7. The summed E-state index contributed by atoms with van der Waals surface area (Å²) in [4.78, 5) is 8.40. The normalized spacial score (nSPS) is 16.3. The van der Waals surface area contributed by atoms with Crippen LogP contribution in [0.2, 0.25) is 0 Å². The number of benzene rings is 2. The number of hydrogen-bond acceptors (Lipinski definition) is 5. The summed E-state index contributed by atoms with van der Waals surface area (Å²) in [5, 5.41) is 5.27. The molecule has 30 heavy (non-hydrogen) atoms. The van der Waals surface area contributed by atoms with E-state index >= 15 is 0 Å². The lowest BCUT2D eigenvalue weighted by Gasteiger charge is -2.24. The molecule has 0 aliphatic carbocycles. The lowest BCUT2D eigenvalue weighted by molar-refractivity contribution is -0.137. The van der Waals surface area contributed by atoms with Gasteiger partial charge in [-0.1, -0.05) is 0 Å². The van der Waals surface area contributed by atoms with Gasteiger partial charge in [-0.25, -0.2) is 23.8 Å². The van der Waals surface area contributed by atoms with Gasteiger partial charge < -0.3 is 5.73 Å². The molecule has 1 unspecified atom stereocenters. The van der Waals surface area contributed by atoms with Crippen LogP contribution < -0.4 is 5.73 Å². The van der Waals surface area contributed by atoms with Crippen LogP contribution in [0.4, 0.5) is 27.8 Å². The highest BCUT2D eigenvalue weighted by atomic mass is 19.4. The minimum atomic E-state index is -4.43. The van der Waals surface area contributed by atoms with Gasteiger partial charge in [0.25, 0.3) is 0 Å². The fourth-order valence-corrected chi connectivity index (χ4v) is 2.84. The highest BCUT2D eigenvalue weighted by molar-refractivity contribution is 5.81. The number of alkyl halides is 3. The number of aliphatic imine (C=N–C) groups is 1. The molecule has 11 heteroatoms.